The highest BCUT2D eigenvalue weighted by Gasteiger charge is 2.53. The maximum Gasteiger partial charge on any atom is 0.0294 e. The second kappa shape index (κ2) is 4.59. The molecule has 20 heavy (non-hydrogen) atoms. The Balaban J connectivity index is 1.50. The van der Waals surface area contributed by atoms with Crippen molar-refractivity contribution >= 4 is 0 Å². The second-order valence-electron chi connectivity index (χ2n) is 8.11. The lowest BCUT2D eigenvalue weighted by Crippen LogP contribution is -2.57. The molecule has 1 N–H and O–H groups in total. The summed E-state index contributed by atoms with van der Waals surface area (Å²) < 4.78 is 0. The van der Waals surface area contributed by atoms with Crippen LogP contribution < -0.4 is 5.32 Å². The van der Waals surface area contributed by atoms with E-state index >= 15 is 0 Å². The molecule has 4 fully saturated rings. The Morgan fingerprint density at radius 3 is 2.30 bits per heavy atom. The standard InChI is InChI=1S/C19H27N/c1-13(15-6-4-3-5-7-15)20-18-16-8-14-9-17(18)12-19(2,10-14)11-16/h3-7,13-14,16-18,20H,8-12H2,1-2H3. The molecule has 0 heterocycles. The van der Waals surface area contributed by atoms with Crippen LogP contribution in [0.1, 0.15) is 57.6 Å². The fraction of sp³-hybridized carbons (Fsp3) is 0.684. The van der Waals surface area contributed by atoms with Gasteiger partial charge in [0.1, 0.15) is 0 Å². The molecule has 0 aliphatic heterocycles. The normalized spacial score (nSPS) is 43.7. The van der Waals surface area contributed by atoms with Crippen molar-refractivity contribution in [3.8, 4) is 0 Å². The fourth-order valence-corrected chi connectivity index (χ4v) is 5.83. The van der Waals surface area contributed by atoms with Crippen molar-refractivity contribution in [3.63, 3.8) is 0 Å². The molecule has 0 radical (unpaired) electrons. The molecule has 4 bridgehead atoms. The minimum Gasteiger partial charge on any atom is -0.307 e. The Labute approximate surface area is 123 Å². The van der Waals surface area contributed by atoms with Crippen LogP contribution >= 0.6 is 0 Å². The third-order valence-electron chi connectivity index (χ3n) is 6.32. The van der Waals surface area contributed by atoms with Crippen LogP contribution in [0.4, 0.5) is 0 Å². The van der Waals surface area contributed by atoms with Gasteiger partial charge in [0.15, 0.2) is 0 Å². The zero-order valence-corrected chi connectivity index (χ0v) is 12.8. The molecule has 108 valence electrons. The van der Waals surface area contributed by atoms with Gasteiger partial charge in [-0.2, -0.15) is 0 Å². The van der Waals surface area contributed by atoms with E-state index in [-0.39, 0.29) is 0 Å². The first-order chi connectivity index (χ1) is 9.63. The average Bonchev–Trinajstić information content (AvgIpc) is 2.42. The summed E-state index contributed by atoms with van der Waals surface area (Å²) in [5.74, 6) is 2.93. The van der Waals surface area contributed by atoms with E-state index in [2.05, 4.69) is 49.5 Å². The van der Waals surface area contributed by atoms with Crippen LogP contribution in [0.5, 0.6) is 0 Å². The van der Waals surface area contributed by atoms with E-state index in [1.165, 1.54) is 37.7 Å². The van der Waals surface area contributed by atoms with Crippen LogP contribution in [-0.2, 0) is 0 Å². The summed E-state index contributed by atoms with van der Waals surface area (Å²) in [6, 6.07) is 12.2. The summed E-state index contributed by atoms with van der Waals surface area (Å²) in [5.41, 5.74) is 2.12. The van der Waals surface area contributed by atoms with E-state index in [4.69, 9.17) is 0 Å². The number of nitrogens with one attached hydrogen (secondary N) is 1. The molecule has 0 spiro atoms. The molecule has 3 atom stereocenters. The second-order valence-corrected chi connectivity index (χ2v) is 8.11. The molecular weight excluding hydrogens is 242 g/mol. The zero-order chi connectivity index (χ0) is 13.7. The van der Waals surface area contributed by atoms with Crippen LogP contribution in [0.25, 0.3) is 0 Å². The van der Waals surface area contributed by atoms with Gasteiger partial charge < -0.3 is 5.32 Å². The molecular formula is C19H27N. The van der Waals surface area contributed by atoms with Gasteiger partial charge in [-0.25, -0.2) is 0 Å². The number of rotatable bonds is 3. The predicted molar refractivity (Wildman–Crippen MR) is 83.4 cm³/mol. The number of benzene rings is 1. The summed E-state index contributed by atoms with van der Waals surface area (Å²) in [6.07, 6.45) is 7.44. The monoisotopic (exact) mass is 269 g/mol. The number of hydrogen-bond acceptors (Lipinski definition) is 1. The molecule has 1 heteroatoms. The molecule has 1 aromatic carbocycles. The predicted octanol–water partition coefficient (Wildman–Crippen LogP) is 4.55. The van der Waals surface area contributed by atoms with Crippen LogP contribution in [-0.4, -0.2) is 6.04 Å². The molecule has 0 aromatic heterocycles. The zero-order valence-electron chi connectivity index (χ0n) is 12.8. The van der Waals surface area contributed by atoms with Gasteiger partial charge in [-0.05, 0) is 67.8 Å². The number of hydrogen-bond donors (Lipinski definition) is 1. The van der Waals surface area contributed by atoms with Crippen LogP contribution in [0.15, 0.2) is 30.3 Å². The smallest absolute Gasteiger partial charge is 0.0294 e. The Hall–Kier alpha value is -0.820. The lowest BCUT2D eigenvalue weighted by Gasteiger charge is -2.59. The van der Waals surface area contributed by atoms with Gasteiger partial charge in [-0.15, -0.1) is 0 Å². The largest absolute Gasteiger partial charge is 0.307 e. The molecule has 1 nitrogen and oxygen atoms in total. The SMILES string of the molecule is CC(NC1C2CC3CC1CC(C)(C3)C2)c1ccccc1. The first kappa shape index (κ1) is 12.9. The average molecular weight is 269 g/mol. The third-order valence-corrected chi connectivity index (χ3v) is 6.32. The van der Waals surface area contributed by atoms with E-state index in [1.54, 1.807) is 0 Å². The van der Waals surface area contributed by atoms with E-state index < -0.39 is 0 Å². The third kappa shape index (κ3) is 2.11. The summed E-state index contributed by atoms with van der Waals surface area (Å²) in [6.45, 7) is 4.89. The van der Waals surface area contributed by atoms with Crippen LogP contribution in [0.3, 0.4) is 0 Å². The molecule has 4 aliphatic rings. The van der Waals surface area contributed by atoms with E-state index in [0.29, 0.717) is 11.5 Å². The Bertz CT molecular complexity index is 464. The van der Waals surface area contributed by atoms with E-state index in [0.717, 1.165) is 23.8 Å². The van der Waals surface area contributed by atoms with Gasteiger partial charge in [0, 0.05) is 12.1 Å². The summed E-state index contributed by atoms with van der Waals surface area (Å²) in [4.78, 5) is 0. The van der Waals surface area contributed by atoms with Gasteiger partial charge in [0.05, 0.1) is 0 Å². The first-order valence-corrected chi connectivity index (χ1v) is 8.44. The minimum absolute atomic E-state index is 0.492. The highest BCUT2D eigenvalue weighted by Crippen LogP contribution is 2.59. The quantitative estimate of drug-likeness (QED) is 0.848. The molecule has 4 aliphatic carbocycles. The Morgan fingerprint density at radius 2 is 1.70 bits per heavy atom. The van der Waals surface area contributed by atoms with Gasteiger partial charge in [-0.1, -0.05) is 37.3 Å². The molecule has 4 saturated carbocycles. The Morgan fingerprint density at radius 1 is 1.05 bits per heavy atom. The first-order valence-electron chi connectivity index (χ1n) is 8.44. The van der Waals surface area contributed by atoms with Gasteiger partial charge in [0.25, 0.3) is 0 Å². The maximum absolute atomic E-state index is 4.00. The van der Waals surface area contributed by atoms with Crippen molar-refractivity contribution in [3.05, 3.63) is 35.9 Å². The molecule has 0 saturated heterocycles. The lowest BCUT2D eigenvalue weighted by molar-refractivity contribution is -0.0689. The fourth-order valence-electron chi connectivity index (χ4n) is 5.83. The van der Waals surface area contributed by atoms with Crippen molar-refractivity contribution in [2.75, 3.05) is 0 Å². The molecule has 5 rings (SSSR count). The van der Waals surface area contributed by atoms with Crippen molar-refractivity contribution in [2.45, 2.75) is 58.0 Å². The highest BCUT2D eigenvalue weighted by atomic mass is 15.0. The van der Waals surface area contributed by atoms with Gasteiger partial charge in [0.2, 0.25) is 0 Å². The maximum atomic E-state index is 4.00. The van der Waals surface area contributed by atoms with Gasteiger partial charge in [-0.3, -0.25) is 0 Å². The van der Waals surface area contributed by atoms with Crippen molar-refractivity contribution < 1.29 is 0 Å². The van der Waals surface area contributed by atoms with Crippen molar-refractivity contribution in [1.29, 1.82) is 0 Å². The molecule has 1 aromatic rings. The van der Waals surface area contributed by atoms with Crippen LogP contribution in [0.2, 0.25) is 0 Å². The lowest BCUT2D eigenvalue weighted by atomic mass is 9.48. The van der Waals surface area contributed by atoms with E-state index in [1.807, 2.05) is 0 Å². The minimum atomic E-state index is 0.492. The molecule has 3 unspecified atom stereocenters. The highest BCUT2D eigenvalue weighted by molar-refractivity contribution is 5.19. The van der Waals surface area contributed by atoms with E-state index in [9.17, 15) is 0 Å². The molecule has 0 amide bonds. The topological polar surface area (TPSA) is 12.0 Å². The van der Waals surface area contributed by atoms with Crippen LogP contribution in [0, 0.1) is 23.2 Å². The summed E-state index contributed by atoms with van der Waals surface area (Å²) in [7, 11) is 0. The van der Waals surface area contributed by atoms with Gasteiger partial charge >= 0.3 is 0 Å². The Kier molecular flexibility index (Phi) is 2.96. The summed E-state index contributed by atoms with van der Waals surface area (Å²) in [5, 5.41) is 4.00. The summed E-state index contributed by atoms with van der Waals surface area (Å²) >= 11 is 0. The van der Waals surface area contributed by atoms with Crippen molar-refractivity contribution in [2.24, 2.45) is 23.2 Å². The van der Waals surface area contributed by atoms with Crippen molar-refractivity contribution in [1.82, 2.24) is 5.32 Å².